The number of aromatic nitrogens is 7. The minimum Gasteiger partial charge on any atom is -0.369 e. The number of nitrogens with one attached hydrogen (secondary N) is 1. The van der Waals surface area contributed by atoms with Crippen LogP contribution in [0.2, 0.25) is 0 Å². The van der Waals surface area contributed by atoms with Gasteiger partial charge in [-0.15, -0.1) is 11.7 Å². The number of allylic oxidation sites excluding steroid dienone is 1. The maximum Gasteiger partial charge on any atom is 0.278 e. The van der Waals surface area contributed by atoms with Gasteiger partial charge in [0.25, 0.3) is 5.56 Å². The second-order valence-corrected chi connectivity index (χ2v) is 9.37. The monoisotopic (exact) mass is 520 g/mol. The zero-order chi connectivity index (χ0) is 26.8. The summed E-state index contributed by atoms with van der Waals surface area (Å²) in [5, 5.41) is 11.8. The number of hydrogen-bond acceptors (Lipinski definition) is 9. The molecular formula is C28H28N10O. The van der Waals surface area contributed by atoms with E-state index in [0.29, 0.717) is 34.2 Å². The van der Waals surface area contributed by atoms with Crippen LogP contribution in [0.5, 0.6) is 0 Å². The van der Waals surface area contributed by atoms with Gasteiger partial charge in [0.15, 0.2) is 11.5 Å². The molecule has 0 spiro atoms. The molecule has 11 nitrogen and oxygen atoms in total. The van der Waals surface area contributed by atoms with E-state index in [9.17, 15) is 4.79 Å². The van der Waals surface area contributed by atoms with Gasteiger partial charge >= 0.3 is 0 Å². The Morgan fingerprint density at radius 2 is 1.77 bits per heavy atom. The van der Waals surface area contributed by atoms with Crippen LogP contribution in [0.1, 0.15) is 0 Å². The van der Waals surface area contributed by atoms with Crippen LogP contribution in [-0.2, 0) is 6.54 Å². The SMILES string of the molecule is C=CCn1c(=O)c2cnc(Nc3ccc(N4CCN(C)CC4)cc3)nc2n1-c1cccc(-c2cccnn2)n1. The fraction of sp³-hybridized carbons (Fsp3) is 0.214. The first-order valence-corrected chi connectivity index (χ1v) is 12.8. The summed E-state index contributed by atoms with van der Waals surface area (Å²) >= 11 is 0. The maximum atomic E-state index is 13.3. The molecule has 1 fully saturated rings. The van der Waals surface area contributed by atoms with Crippen molar-refractivity contribution < 1.29 is 0 Å². The average molecular weight is 521 g/mol. The lowest BCUT2D eigenvalue weighted by atomic mass is 10.2. The Labute approximate surface area is 225 Å². The van der Waals surface area contributed by atoms with E-state index in [1.807, 2.05) is 36.4 Å². The summed E-state index contributed by atoms with van der Waals surface area (Å²) in [7, 11) is 2.15. The highest BCUT2D eigenvalue weighted by Gasteiger charge is 2.19. The van der Waals surface area contributed by atoms with E-state index in [2.05, 4.69) is 56.1 Å². The maximum absolute atomic E-state index is 13.3. The van der Waals surface area contributed by atoms with Crippen LogP contribution in [0.25, 0.3) is 28.2 Å². The first-order chi connectivity index (χ1) is 19.1. The molecule has 6 rings (SSSR count). The van der Waals surface area contributed by atoms with Gasteiger partial charge in [0.1, 0.15) is 11.1 Å². The summed E-state index contributed by atoms with van der Waals surface area (Å²) in [6.07, 6.45) is 4.83. The van der Waals surface area contributed by atoms with Crippen LogP contribution < -0.4 is 15.8 Å². The van der Waals surface area contributed by atoms with Gasteiger partial charge < -0.3 is 15.1 Å². The zero-order valence-electron chi connectivity index (χ0n) is 21.6. The number of hydrogen-bond donors (Lipinski definition) is 1. The topological polar surface area (TPSA) is 110 Å². The molecule has 1 N–H and O–H groups in total. The molecule has 0 amide bonds. The Hall–Kier alpha value is -4.90. The van der Waals surface area contributed by atoms with Gasteiger partial charge in [-0.2, -0.15) is 10.1 Å². The summed E-state index contributed by atoms with van der Waals surface area (Å²) in [6.45, 7) is 8.22. The third kappa shape index (κ3) is 4.87. The number of rotatable bonds is 7. The van der Waals surface area contributed by atoms with Crippen LogP contribution >= 0.6 is 0 Å². The van der Waals surface area contributed by atoms with Crippen molar-refractivity contribution in [3.8, 4) is 17.2 Å². The van der Waals surface area contributed by atoms with Crippen LogP contribution in [-0.4, -0.2) is 72.6 Å². The normalized spacial score (nSPS) is 14.0. The number of benzene rings is 1. The van der Waals surface area contributed by atoms with E-state index >= 15 is 0 Å². The van der Waals surface area contributed by atoms with Crippen molar-refractivity contribution in [3.05, 3.63) is 90.0 Å². The van der Waals surface area contributed by atoms with Crippen molar-refractivity contribution in [2.75, 3.05) is 43.4 Å². The largest absolute Gasteiger partial charge is 0.369 e. The first kappa shape index (κ1) is 24.4. The molecule has 0 bridgehead atoms. The van der Waals surface area contributed by atoms with Crippen molar-refractivity contribution in [3.63, 3.8) is 0 Å². The van der Waals surface area contributed by atoms with Crippen LogP contribution in [0.3, 0.4) is 0 Å². The van der Waals surface area contributed by atoms with Crippen molar-refractivity contribution in [2.24, 2.45) is 0 Å². The summed E-state index contributed by atoms with van der Waals surface area (Å²) in [5.41, 5.74) is 3.53. The summed E-state index contributed by atoms with van der Waals surface area (Å²) < 4.78 is 3.24. The fourth-order valence-corrected chi connectivity index (χ4v) is 4.68. The Kier molecular flexibility index (Phi) is 6.55. The van der Waals surface area contributed by atoms with Gasteiger partial charge in [-0.25, -0.2) is 19.3 Å². The van der Waals surface area contributed by atoms with E-state index < -0.39 is 0 Å². The van der Waals surface area contributed by atoms with Crippen LogP contribution in [0, 0.1) is 0 Å². The molecule has 1 aliphatic rings. The Morgan fingerprint density at radius 1 is 0.974 bits per heavy atom. The molecule has 11 heteroatoms. The van der Waals surface area contributed by atoms with Crippen molar-refractivity contribution in [1.29, 1.82) is 0 Å². The quantitative estimate of drug-likeness (QED) is 0.324. The number of anilines is 3. The summed E-state index contributed by atoms with van der Waals surface area (Å²) in [5.74, 6) is 0.901. The van der Waals surface area contributed by atoms with Crippen molar-refractivity contribution >= 4 is 28.4 Å². The molecule has 0 saturated carbocycles. The fourth-order valence-electron chi connectivity index (χ4n) is 4.68. The van der Waals surface area contributed by atoms with Gasteiger partial charge in [0.05, 0.1) is 12.2 Å². The van der Waals surface area contributed by atoms with Gasteiger partial charge in [-0.05, 0) is 55.6 Å². The lowest BCUT2D eigenvalue weighted by molar-refractivity contribution is 0.313. The first-order valence-electron chi connectivity index (χ1n) is 12.8. The Bertz CT molecular complexity index is 1670. The minimum absolute atomic E-state index is 0.223. The highest BCUT2D eigenvalue weighted by atomic mass is 16.1. The molecule has 0 unspecified atom stereocenters. The summed E-state index contributed by atoms with van der Waals surface area (Å²) in [6, 6.07) is 17.4. The Morgan fingerprint density at radius 3 is 2.51 bits per heavy atom. The van der Waals surface area contributed by atoms with E-state index in [-0.39, 0.29) is 12.1 Å². The lowest BCUT2D eigenvalue weighted by Crippen LogP contribution is -2.44. The highest BCUT2D eigenvalue weighted by Crippen LogP contribution is 2.23. The molecule has 5 heterocycles. The molecule has 4 aromatic heterocycles. The molecule has 39 heavy (non-hydrogen) atoms. The smallest absolute Gasteiger partial charge is 0.278 e. The average Bonchev–Trinajstić information content (AvgIpc) is 3.25. The number of pyridine rings is 1. The van der Waals surface area contributed by atoms with E-state index in [1.165, 1.54) is 5.69 Å². The molecule has 196 valence electrons. The lowest BCUT2D eigenvalue weighted by Gasteiger charge is -2.34. The van der Waals surface area contributed by atoms with Crippen molar-refractivity contribution in [1.82, 2.24) is 39.4 Å². The standard InChI is InChI=1S/C28H28N10O/c1-3-14-37-27(39)22-19-29-28(31-20-9-11-21(12-10-20)36-17-15-35(2)16-18-36)33-26(22)38(37)25-8-4-6-23(32-25)24-7-5-13-30-34-24/h3-13,19H,1,14-18H2,2H3,(H,29,31,33). The third-order valence-electron chi connectivity index (χ3n) is 6.76. The second kappa shape index (κ2) is 10.5. The summed E-state index contributed by atoms with van der Waals surface area (Å²) in [4.78, 5) is 31.9. The van der Waals surface area contributed by atoms with Gasteiger partial charge in [-0.3, -0.25) is 4.79 Å². The molecule has 0 radical (unpaired) electrons. The van der Waals surface area contributed by atoms with Crippen molar-refractivity contribution in [2.45, 2.75) is 6.54 Å². The molecular weight excluding hydrogens is 492 g/mol. The third-order valence-corrected chi connectivity index (χ3v) is 6.76. The van der Waals surface area contributed by atoms with E-state index in [1.54, 1.807) is 33.9 Å². The predicted molar refractivity (Wildman–Crippen MR) is 152 cm³/mol. The van der Waals surface area contributed by atoms with Gasteiger partial charge in [0, 0.05) is 49.9 Å². The molecule has 0 aliphatic carbocycles. The minimum atomic E-state index is -0.223. The number of nitrogens with zero attached hydrogens (tertiary/aromatic N) is 9. The van der Waals surface area contributed by atoms with E-state index in [4.69, 9.17) is 9.97 Å². The van der Waals surface area contributed by atoms with Gasteiger partial charge in [0.2, 0.25) is 5.95 Å². The molecule has 5 aromatic rings. The Balaban J connectivity index is 1.35. The number of fused-ring (bicyclic) bond motifs is 1. The van der Waals surface area contributed by atoms with Gasteiger partial charge in [-0.1, -0.05) is 12.1 Å². The predicted octanol–water partition coefficient (Wildman–Crippen LogP) is 3.12. The molecule has 1 saturated heterocycles. The van der Waals surface area contributed by atoms with Crippen LogP contribution in [0.15, 0.2) is 84.4 Å². The number of piperazine rings is 1. The number of likely N-dealkylation sites (N-methyl/N-ethyl adjacent to an activating group) is 1. The molecule has 1 aliphatic heterocycles. The highest BCUT2D eigenvalue weighted by molar-refractivity contribution is 5.77. The molecule has 1 aromatic carbocycles. The molecule has 0 atom stereocenters. The van der Waals surface area contributed by atoms with E-state index in [0.717, 1.165) is 31.9 Å². The second-order valence-electron chi connectivity index (χ2n) is 9.37. The zero-order valence-corrected chi connectivity index (χ0v) is 21.6. The van der Waals surface area contributed by atoms with Crippen LogP contribution in [0.4, 0.5) is 17.3 Å².